The van der Waals surface area contributed by atoms with Crippen molar-refractivity contribution in [1.82, 2.24) is 15.3 Å². The van der Waals surface area contributed by atoms with Crippen molar-refractivity contribution >= 4 is 17.7 Å². The minimum absolute atomic E-state index is 0.673. The third-order valence-corrected chi connectivity index (χ3v) is 4.82. The van der Waals surface area contributed by atoms with Crippen molar-refractivity contribution in [2.24, 2.45) is 5.92 Å². The van der Waals surface area contributed by atoms with Gasteiger partial charge >= 0.3 is 0 Å². The molecule has 1 aromatic heterocycles. The SMILES string of the molecule is CCC1CN(c2ncc(CNCC(C)C)cn2)CCS1. The van der Waals surface area contributed by atoms with Gasteiger partial charge in [0.25, 0.3) is 0 Å². The van der Waals surface area contributed by atoms with Crippen molar-refractivity contribution in [3.63, 3.8) is 0 Å². The van der Waals surface area contributed by atoms with Gasteiger partial charge < -0.3 is 10.2 Å². The lowest BCUT2D eigenvalue weighted by molar-refractivity contribution is 0.551. The van der Waals surface area contributed by atoms with E-state index in [1.165, 1.54) is 12.2 Å². The Morgan fingerprint density at radius 2 is 2.15 bits per heavy atom. The van der Waals surface area contributed by atoms with E-state index in [1.807, 2.05) is 12.4 Å². The van der Waals surface area contributed by atoms with Crippen LogP contribution < -0.4 is 10.2 Å². The fourth-order valence-corrected chi connectivity index (χ4v) is 3.44. The molecule has 0 bridgehead atoms. The molecule has 0 spiro atoms. The zero-order chi connectivity index (χ0) is 14.4. The maximum absolute atomic E-state index is 4.53. The molecule has 1 saturated heterocycles. The molecule has 1 aliphatic rings. The normalized spacial score (nSPS) is 19.6. The van der Waals surface area contributed by atoms with Gasteiger partial charge in [0.2, 0.25) is 5.95 Å². The second-order valence-corrected chi connectivity index (χ2v) is 7.17. The molecule has 1 N–H and O–H groups in total. The molecule has 4 nitrogen and oxygen atoms in total. The summed E-state index contributed by atoms with van der Waals surface area (Å²) in [5.41, 5.74) is 1.16. The Kier molecular flexibility index (Phi) is 6.10. The van der Waals surface area contributed by atoms with Gasteiger partial charge in [0, 0.05) is 48.6 Å². The molecular formula is C15H26N4S. The summed E-state index contributed by atoms with van der Waals surface area (Å²) in [5, 5.41) is 4.14. The molecule has 1 aromatic rings. The average Bonchev–Trinajstić information content (AvgIpc) is 2.48. The first-order valence-corrected chi connectivity index (χ1v) is 8.62. The van der Waals surface area contributed by atoms with Crippen LogP contribution in [0.25, 0.3) is 0 Å². The van der Waals surface area contributed by atoms with Gasteiger partial charge in [-0.3, -0.25) is 0 Å². The number of rotatable bonds is 6. The molecule has 0 radical (unpaired) electrons. The van der Waals surface area contributed by atoms with E-state index >= 15 is 0 Å². The molecule has 2 heterocycles. The fourth-order valence-electron chi connectivity index (χ4n) is 2.26. The predicted octanol–water partition coefficient (Wildman–Crippen LogP) is 2.55. The van der Waals surface area contributed by atoms with Gasteiger partial charge in [0.05, 0.1) is 0 Å². The van der Waals surface area contributed by atoms with Crippen LogP contribution in [0.5, 0.6) is 0 Å². The highest BCUT2D eigenvalue weighted by atomic mass is 32.2. The maximum atomic E-state index is 4.53. The lowest BCUT2D eigenvalue weighted by Crippen LogP contribution is -2.38. The standard InChI is InChI=1S/C15H26N4S/c1-4-14-11-19(5-6-20-14)15-17-9-13(10-18-15)8-16-7-12(2)3/h9-10,12,14,16H,4-8,11H2,1-3H3. The van der Waals surface area contributed by atoms with Crippen molar-refractivity contribution in [2.45, 2.75) is 39.0 Å². The first-order valence-electron chi connectivity index (χ1n) is 7.57. The number of aromatic nitrogens is 2. The fraction of sp³-hybridized carbons (Fsp3) is 0.733. The Balaban J connectivity index is 1.87. The van der Waals surface area contributed by atoms with Crippen molar-refractivity contribution < 1.29 is 0 Å². The van der Waals surface area contributed by atoms with Crippen molar-refractivity contribution in [1.29, 1.82) is 0 Å². The molecule has 0 aromatic carbocycles. The molecule has 0 aliphatic carbocycles. The third kappa shape index (κ3) is 4.63. The number of anilines is 1. The molecular weight excluding hydrogens is 268 g/mol. The van der Waals surface area contributed by atoms with Gasteiger partial charge in [0.15, 0.2) is 0 Å². The zero-order valence-corrected chi connectivity index (χ0v) is 13.6. The Morgan fingerprint density at radius 1 is 1.40 bits per heavy atom. The smallest absolute Gasteiger partial charge is 0.225 e. The van der Waals surface area contributed by atoms with Gasteiger partial charge in [-0.15, -0.1) is 0 Å². The quantitative estimate of drug-likeness (QED) is 0.873. The summed E-state index contributed by atoms with van der Waals surface area (Å²) in [6.07, 6.45) is 5.13. The summed E-state index contributed by atoms with van der Waals surface area (Å²) in [4.78, 5) is 11.4. The topological polar surface area (TPSA) is 41.1 Å². The van der Waals surface area contributed by atoms with E-state index in [9.17, 15) is 0 Å². The van der Waals surface area contributed by atoms with E-state index < -0.39 is 0 Å². The van der Waals surface area contributed by atoms with Gasteiger partial charge in [-0.05, 0) is 18.9 Å². The average molecular weight is 294 g/mol. The Hall–Kier alpha value is -0.810. The van der Waals surface area contributed by atoms with Crippen LogP contribution in [0.1, 0.15) is 32.8 Å². The Labute approximate surface area is 126 Å². The number of thioether (sulfide) groups is 1. The lowest BCUT2D eigenvalue weighted by Gasteiger charge is -2.31. The molecule has 2 rings (SSSR count). The molecule has 20 heavy (non-hydrogen) atoms. The van der Waals surface area contributed by atoms with Gasteiger partial charge in [-0.2, -0.15) is 11.8 Å². The monoisotopic (exact) mass is 294 g/mol. The van der Waals surface area contributed by atoms with E-state index in [1.54, 1.807) is 0 Å². The minimum atomic E-state index is 0.673. The van der Waals surface area contributed by atoms with Gasteiger partial charge in [0.1, 0.15) is 0 Å². The highest BCUT2D eigenvalue weighted by molar-refractivity contribution is 8.00. The minimum Gasteiger partial charge on any atom is -0.339 e. The summed E-state index contributed by atoms with van der Waals surface area (Å²) < 4.78 is 0. The highest BCUT2D eigenvalue weighted by Crippen LogP contribution is 2.23. The van der Waals surface area contributed by atoms with E-state index in [0.717, 1.165) is 42.9 Å². The lowest BCUT2D eigenvalue weighted by atomic mass is 10.2. The molecule has 0 amide bonds. The molecule has 0 saturated carbocycles. The van der Waals surface area contributed by atoms with E-state index in [4.69, 9.17) is 0 Å². The van der Waals surface area contributed by atoms with E-state index in [0.29, 0.717) is 5.92 Å². The first-order chi connectivity index (χ1) is 9.69. The summed E-state index contributed by atoms with van der Waals surface area (Å²) in [7, 11) is 0. The molecule has 1 unspecified atom stereocenters. The van der Waals surface area contributed by atoms with Crippen LogP contribution in [0.15, 0.2) is 12.4 Å². The largest absolute Gasteiger partial charge is 0.339 e. The Bertz CT molecular complexity index is 393. The van der Waals surface area contributed by atoms with Gasteiger partial charge in [-0.1, -0.05) is 20.8 Å². The highest BCUT2D eigenvalue weighted by Gasteiger charge is 2.20. The number of nitrogens with one attached hydrogen (secondary N) is 1. The number of hydrogen-bond donors (Lipinski definition) is 1. The van der Waals surface area contributed by atoms with Crippen LogP contribution in [0.2, 0.25) is 0 Å². The molecule has 1 atom stereocenters. The summed E-state index contributed by atoms with van der Waals surface area (Å²) in [5.74, 6) is 2.74. The van der Waals surface area contributed by atoms with Crippen LogP contribution >= 0.6 is 11.8 Å². The van der Waals surface area contributed by atoms with Crippen LogP contribution in [-0.2, 0) is 6.54 Å². The van der Waals surface area contributed by atoms with Crippen LogP contribution in [0.3, 0.4) is 0 Å². The first kappa shape index (κ1) is 15.6. The number of hydrogen-bond acceptors (Lipinski definition) is 5. The van der Waals surface area contributed by atoms with E-state index in [-0.39, 0.29) is 0 Å². The van der Waals surface area contributed by atoms with Crippen molar-refractivity contribution in [3.05, 3.63) is 18.0 Å². The summed E-state index contributed by atoms with van der Waals surface area (Å²) >= 11 is 2.07. The Morgan fingerprint density at radius 3 is 2.80 bits per heavy atom. The molecule has 5 heteroatoms. The van der Waals surface area contributed by atoms with Crippen LogP contribution in [-0.4, -0.2) is 40.6 Å². The van der Waals surface area contributed by atoms with E-state index in [2.05, 4.69) is 52.7 Å². The second kappa shape index (κ2) is 7.84. The second-order valence-electron chi connectivity index (χ2n) is 5.76. The maximum Gasteiger partial charge on any atom is 0.225 e. The number of nitrogens with zero attached hydrogens (tertiary/aromatic N) is 3. The van der Waals surface area contributed by atoms with Crippen LogP contribution in [0.4, 0.5) is 5.95 Å². The van der Waals surface area contributed by atoms with Crippen molar-refractivity contribution in [3.8, 4) is 0 Å². The van der Waals surface area contributed by atoms with Gasteiger partial charge in [-0.25, -0.2) is 9.97 Å². The van der Waals surface area contributed by atoms with Crippen molar-refractivity contribution in [2.75, 3.05) is 30.3 Å². The third-order valence-electron chi connectivity index (χ3n) is 3.45. The zero-order valence-electron chi connectivity index (χ0n) is 12.8. The summed E-state index contributed by atoms with van der Waals surface area (Å²) in [6.45, 7) is 10.7. The predicted molar refractivity (Wildman–Crippen MR) is 87.3 cm³/mol. The molecule has 1 fully saturated rings. The van der Waals surface area contributed by atoms with Crippen LogP contribution in [0, 0.1) is 5.92 Å². The molecule has 112 valence electrons. The molecule has 1 aliphatic heterocycles. The summed E-state index contributed by atoms with van der Waals surface area (Å²) in [6, 6.07) is 0.